The first-order valence-corrected chi connectivity index (χ1v) is 8.93. The third-order valence-electron chi connectivity index (χ3n) is 5.21. The summed E-state index contributed by atoms with van der Waals surface area (Å²) in [5, 5.41) is 9.78. The lowest BCUT2D eigenvalue weighted by Gasteiger charge is -2.32. The molecule has 0 atom stereocenters. The second-order valence-electron chi connectivity index (χ2n) is 6.98. The number of carbonyl (C=O) groups is 1. The summed E-state index contributed by atoms with van der Waals surface area (Å²) in [4.78, 5) is 13.3. The molecule has 0 spiro atoms. The van der Waals surface area contributed by atoms with Crippen molar-refractivity contribution >= 4 is 16.9 Å². The van der Waals surface area contributed by atoms with Crippen LogP contribution < -0.4 is 0 Å². The summed E-state index contributed by atoms with van der Waals surface area (Å²) in [5.74, 6) is -2.63. The smallest absolute Gasteiger partial charge is 0.371 e. The van der Waals surface area contributed by atoms with Gasteiger partial charge < -0.3 is 9.52 Å². The molecule has 1 N–H and O–H groups in total. The van der Waals surface area contributed by atoms with Gasteiger partial charge in [0.2, 0.25) is 5.76 Å². The number of hydrogen-bond donors (Lipinski definition) is 1. The van der Waals surface area contributed by atoms with E-state index in [2.05, 4.69) is 4.90 Å². The molecule has 1 fully saturated rings. The largest absolute Gasteiger partial charge is 0.475 e. The highest BCUT2D eigenvalue weighted by Gasteiger charge is 2.24. The maximum absolute atomic E-state index is 14.0. The molecular weight excluding hydrogens is 352 g/mol. The van der Waals surface area contributed by atoms with Crippen molar-refractivity contribution in [1.29, 1.82) is 0 Å². The van der Waals surface area contributed by atoms with Crippen LogP contribution in [0.5, 0.6) is 0 Å². The number of hydrogen-bond acceptors (Lipinski definition) is 3. The SMILES string of the molecule is O=C(O)c1cc2cc(CN3CCC(c4cccc(F)c4F)CC3)ccc2o1. The molecule has 0 unspecified atom stereocenters. The Bertz CT molecular complexity index is 990. The van der Waals surface area contributed by atoms with Crippen LogP contribution in [0.1, 0.15) is 40.4 Å². The van der Waals surface area contributed by atoms with Crippen molar-refractivity contribution < 1.29 is 23.1 Å². The normalized spacial score (nSPS) is 16.1. The van der Waals surface area contributed by atoms with Gasteiger partial charge in [-0.2, -0.15) is 0 Å². The van der Waals surface area contributed by atoms with Crippen molar-refractivity contribution in [3.05, 3.63) is 71.0 Å². The first kappa shape index (κ1) is 17.7. The van der Waals surface area contributed by atoms with Crippen molar-refractivity contribution in [3.8, 4) is 0 Å². The van der Waals surface area contributed by atoms with Crippen LogP contribution in [0, 0.1) is 11.6 Å². The zero-order valence-corrected chi connectivity index (χ0v) is 14.6. The highest BCUT2D eigenvalue weighted by atomic mass is 19.2. The molecule has 2 heterocycles. The molecule has 1 aliphatic heterocycles. The number of furan rings is 1. The second kappa shape index (κ2) is 7.12. The molecule has 1 aromatic heterocycles. The van der Waals surface area contributed by atoms with Crippen molar-refractivity contribution in [3.63, 3.8) is 0 Å². The molecule has 2 aromatic carbocycles. The molecule has 0 amide bonds. The summed E-state index contributed by atoms with van der Waals surface area (Å²) >= 11 is 0. The number of carboxylic acid groups (broad SMARTS) is 1. The minimum Gasteiger partial charge on any atom is -0.475 e. The summed E-state index contributed by atoms with van der Waals surface area (Å²) in [7, 11) is 0. The zero-order valence-electron chi connectivity index (χ0n) is 14.6. The molecule has 6 heteroatoms. The maximum Gasteiger partial charge on any atom is 0.371 e. The first-order valence-electron chi connectivity index (χ1n) is 8.93. The summed E-state index contributed by atoms with van der Waals surface area (Å²) in [6.45, 7) is 2.32. The van der Waals surface area contributed by atoms with Gasteiger partial charge in [0, 0.05) is 11.9 Å². The van der Waals surface area contributed by atoms with Gasteiger partial charge >= 0.3 is 5.97 Å². The average molecular weight is 371 g/mol. The summed E-state index contributed by atoms with van der Waals surface area (Å²) in [5.41, 5.74) is 2.09. The fourth-order valence-electron chi connectivity index (χ4n) is 3.79. The van der Waals surface area contributed by atoms with Crippen molar-refractivity contribution in [2.24, 2.45) is 0 Å². The van der Waals surface area contributed by atoms with E-state index in [-0.39, 0.29) is 11.7 Å². The topological polar surface area (TPSA) is 53.7 Å². The van der Waals surface area contributed by atoms with E-state index in [1.165, 1.54) is 6.07 Å². The van der Waals surface area contributed by atoms with Crippen LogP contribution in [0.3, 0.4) is 0 Å². The van der Waals surface area contributed by atoms with E-state index in [0.29, 0.717) is 11.1 Å². The Morgan fingerprint density at radius 3 is 2.67 bits per heavy atom. The van der Waals surface area contributed by atoms with Crippen LogP contribution in [0.25, 0.3) is 11.0 Å². The number of fused-ring (bicyclic) bond motifs is 1. The zero-order chi connectivity index (χ0) is 19.0. The lowest BCUT2D eigenvalue weighted by molar-refractivity contribution is 0.0665. The summed E-state index contributed by atoms with van der Waals surface area (Å²) in [6.07, 6.45) is 1.55. The highest BCUT2D eigenvalue weighted by molar-refractivity contribution is 5.91. The maximum atomic E-state index is 14.0. The van der Waals surface area contributed by atoms with Crippen LogP contribution >= 0.6 is 0 Å². The molecule has 140 valence electrons. The number of piperidine rings is 1. The lowest BCUT2D eigenvalue weighted by atomic mass is 9.89. The quantitative estimate of drug-likeness (QED) is 0.717. The van der Waals surface area contributed by atoms with Gasteiger partial charge in [0.05, 0.1) is 0 Å². The Balaban J connectivity index is 1.42. The van der Waals surface area contributed by atoms with Crippen molar-refractivity contribution in [2.45, 2.75) is 25.3 Å². The number of halogens is 2. The van der Waals surface area contributed by atoms with Gasteiger partial charge in [-0.15, -0.1) is 0 Å². The monoisotopic (exact) mass is 371 g/mol. The molecule has 0 aliphatic carbocycles. The molecule has 0 bridgehead atoms. The Morgan fingerprint density at radius 2 is 1.93 bits per heavy atom. The molecule has 1 aliphatic rings. The van der Waals surface area contributed by atoms with Gasteiger partial charge in [0.15, 0.2) is 11.6 Å². The highest BCUT2D eigenvalue weighted by Crippen LogP contribution is 2.31. The van der Waals surface area contributed by atoms with Crippen molar-refractivity contribution in [1.82, 2.24) is 4.90 Å². The Kier molecular flexibility index (Phi) is 4.66. The number of likely N-dealkylation sites (tertiary alicyclic amines) is 1. The number of aromatic carboxylic acids is 1. The van der Waals surface area contributed by atoms with Gasteiger partial charge in [-0.3, -0.25) is 4.90 Å². The fourth-order valence-corrected chi connectivity index (χ4v) is 3.79. The standard InChI is InChI=1S/C21H19F2NO3/c22-17-3-1-2-16(20(17)23)14-6-8-24(9-7-14)12-13-4-5-18-15(10-13)11-19(27-18)21(25)26/h1-5,10-11,14H,6-9,12H2,(H,25,26). The third-order valence-corrected chi connectivity index (χ3v) is 5.21. The predicted molar refractivity (Wildman–Crippen MR) is 96.8 cm³/mol. The van der Waals surface area contributed by atoms with E-state index in [9.17, 15) is 13.6 Å². The van der Waals surface area contributed by atoms with E-state index in [0.717, 1.165) is 49.5 Å². The van der Waals surface area contributed by atoms with E-state index in [1.54, 1.807) is 18.2 Å². The van der Waals surface area contributed by atoms with Gasteiger partial charge in [0.1, 0.15) is 5.58 Å². The molecule has 3 aromatic rings. The van der Waals surface area contributed by atoms with Crippen LogP contribution in [0.15, 0.2) is 46.9 Å². The molecule has 4 nitrogen and oxygen atoms in total. The Morgan fingerprint density at radius 1 is 1.15 bits per heavy atom. The van der Waals surface area contributed by atoms with Crippen LogP contribution in [0.4, 0.5) is 8.78 Å². The van der Waals surface area contributed by atoms with Gasteiger partial charge in [-0.05, 0) is 67.2 Å². The van der Waals surface area contributed by atoms with E-state index in [4.69, 9.17) is 9.52 Å². The molecule has 0 radical (unpaired) electrons. The van der Waals surface area contributed by atoms with Crippen LogP contribution in [-0.4, -0.2) is 29.1 Å². The predicted octanol–water partition coefficient (Wildman–Crippen LogP) is 4.79. The summed E-state index contributed by atoms with van der Waals surface area (Å²) in [6, 6.07) is 11.6. The molecule has 27 heavy (non-hydrogen) atoms. The molecule has 1 saturated heterocycles. The van der Waals surface area contributed by atoms with Crippen LogP contribution in [0.2, 0.25) is 0 Å². The Hall–Kier alpha value is -2.73. The third kappa shape index (κ3) is 3.57. The number of nitrogens with zero attached hydrogens (tertiary/aromatic N) is 1. The van der Waals surface area contributed by atoms with E-state index in [1.807, 2.05) is 12.1 Å². The summed E-state index contributed by atoms with van der Waals surface area (Å²) < 4.78 is 32.7. The lowest BCUT2D eigenvalue weighted by Crippen LogP contribution is -2.32. The fraction of sp³-hybridized carbons (Fsp3) is 0.286. The molecular formula is C21H19F2NO3. The number of rotatable bonds is 4. The van der Waals surface area contributed by atoms with E-state index < -0.39 is 17.6 Å². The van der Waals surface area contributed by atoms with E-state index >= 15 is 0 Å². The Labute approximate surface area is 155 Å². The minimum absolute atomic E-state index is 0.0337. The van der Waals surface area contributed by atoms with Crippen LogP contribution in [-0.2, 0) is 6.54 Å². The second-order valence-corrected chi connectivity index (χ2v) is 6.98. The first-order chi connectivity index (χ1) is 13.0. The average Bonchev–Trinajstić information content (AvgIpc) is 3.09. The molecule has 0 saturated carbocycles. The minimum atomic E-state index is -1.08. The molecule has 4 rings (SSSR count). The number of benzene rings is 2. The van der Waals surface area contributed by atoms with Gasteiger partial charge in [0.25, 0.3) is 0 Å². The van der Waals surface area contributed by atoms with Crippen molar-refractivity contribution in [2.75, 3.05) is 13.1 Å². The van der Waals surface area contributed by atoms with Gasteiger partial charge in [-0.1, -0.05) is 18.2 Å². The van der Waals surface area contributed by atoms with Gasteiger partial charge in [-0.25, -0.2) is 13.6 Å². The number of carboxylic acids is 1.